The van der Waals surface area contributed by atoms with Gasteiger partial charge in [0.15, 0.2) is 13.2 Å². The average molecular weight is 421 g/mol. The largest absolute Gasteiger partial charge is 0.485 e. The summed E-state index contributed by atoms with van der Waals surface area (Å²) in [6.07, 6.45) is 1.81. The van der Waals surface area contributed by atoms with E-state index in [1.54, 1.807) is 36.1 Å². The Morgan fingerprint density at radius 3 is 2.68 bits per heavy atom. The minimum atomic E-state index is -0.563. The molecule has 0 spiro atoms. The molecule has 1 atom stereocenters. The van der Waals surface area contributed by atoms with Crippen molar-refractivity contribution >= 4 is 17.6 Å². The second-order valence-corrected chi connectivity index (χ2v) is 7.40. The Hall–Kier alpha value is -3.68. The molecule has 160 valence electrons. The number of hydrogen-bond donors (Lipinski definition) is 0. The summed E-state index contributed by atoms with van der Waals surface area (Å²) in [5.74, 6) is 0.658. The number of ether oxygens (including phenoxy) is 2. The van der Waals surface area contributed by atoms with E-state index in [2.05, 4.69) is 10.1 Å². The molecule has 1 aliphatic heterocycles. The molecule has 0 aliphatic carbocycles. The van der Waals surface area contributed by atoms with Gasteiger partial charge in [0.05, 0.1) is 5.56 Å². The van der Waals surface area contributed by atoms with E-state index in [4.69, 9.17) is 14.0 Å². The van der Waals surface area contributed by atoms with Crippen LogP contribution in [0.5, 0.6) is 5.75 Å². The number of hydrogen-bond acceptors (Lipinski definition) is 7. The van der Waals surface area contributed by atoms with E-state index in [1.165, 1.54) is 0 Å². The molecule has 0 fully saturated rings. The van der Waals surface area contributed by atoms with Gasteiger partial charge < -0.3 is 18.9 Å². The summed E-state index contributed by atoms with van der Waals surface area (Å²) in [7, 11) is 0. The van der Waals surface area contributed by atoms with E-state index in [1.807, 2.05) is 31.2 Å². The van der Waals surface area contributed by atoms with Crippen LogP contribution in [0.15, 0.2) is 53.1 Å². The van der Waals surface area contributed by atoms with Crippen LogP contribution in [0.3, 0.4) is 0 Å². The van der Waals surface area contributed by atoms with Gasteiger partial charge in [-0.15, -0.1) is 0 Å². The standard InChI is InChI=1S/C23H23N3O5/c1-15-7-8-17-5-3-4-6-20(17)26(15)22(27)14-30-23(28)18-9-11-19(12-10-18)29-13-21-24-16(2)31-25-21/h3-6,9-12,15H,7-8,13-14H2,1-2H3. The lowest BCUT2D eigenvalue weighted by molar-refractivity contribution is -0.122. The molecule has 0 N–H and O–H groups in total. The van der Waals surface area contributed by atoms with Gasteiger partial charge >= 0.3 is 5.97 Å². The summed E-state index contributed by atoms with van der Waals surface area (Å²) in [5.41, 5.74) is 2.36. The topological polar surface area (TPSA) is 94.8 Å². The molecule has 31 heavy (non-hydrogen) atoms. The van der Waals surface area contributed by atoms with Crippen molar-refractivity contribution in [3.8, 4) is 5.75 Å². The number of benzene rings is 2. The van der Waals surface area contributed by atoms with Crippen LogP contribution in [0.2, 0.25) is 0 Å². The van der Waals surface area contributed by atoms with Crippen molar-refractivity contribution in [2.45, 2.75) is 39.3 Å². The molecule has 0 bridgehead atoms. The first-order chi connectivity index (χ1) is 15.0. The van der Waals surface area contributed by atoms with E-state index < -0.39 is 5.97 Å². The first kappa shape index (κ1) is 20.6. The molecule has 0 saturated carbocycles. The molecule has 0 saturated heterocycles. The fourth-order valence-corrected chi connectivity index (χ4v) is 3.58. The monoisotopic (exact) mass is 421 g/mol. The fourth-order valence-electron chi connectivity index (χ4n) is 3.58. The zero-order valence-corrected chi connectivity index (χ0v) is 17.4. The number of fused-ring (bicyclic) bond motifs is 1. The Labute approximate surface area is 179 Å². The van der Waals surface area contributed by atoms with Crippen LogP contribution < -0.4 is 9.64 Å². The van der Waals surface area contributed by atoms with Crippen LogP contribution in [-0.2, 0) is 22.6 Å². The first-order valence-electron chi connectivity index (χ1n) is 10.1. The summed E-state index contributed by atoms with van der Waals surface area (Å²) in [5, 5.41) is 3.75. The van der Waals surface area contributed by atoms with Gasteiger partial charge in [0.1, 0.15) is 5.75 Å². The third-order valence-corrected chi connectivity index (χ3v) is 5.15. The van der Waals surface area contributed by atoms with Gasteiger partial charge in [-0.2, -0.15) is 4.98 Å². The normalized spacial score (nSPS) is 15.3. The minimum Gasteiger partial charge on any atom is -0.485 e. The smallest absolute Gasteiger partial charge is 0.338 e. The lowest BCUT2D eigenvalue weighted by Crippen LogP contribution is -2.44. The summed E-state index contributed by atoms with van der Waals surface area (Å²) < 4.78 is 15.7. The van der Waals surface area contributed by atoms with Crippen LogP contribution in [0.4, 0.5) is 5.69 Å². The molecule has 1 aliphatic rings. The maximum absolute atomic E-state index is 12.8. The number of amides is 1. The second kappa shape index (κ2) is 8.99. The zero-order chi connectivity index (χ0) is 21.8. The highest BCUT2D eigenvalue weighted by Gasteiger charge is 2.28. The molecule has 1 amide bonds. The minimum absolute atomic E-state index is 0.0560. The molecule has 2 heterocycles. The predicted molar refractivity (Wildman–Crippen MR) is 112 cm³/mol. The number of rotatable bonds is 6. The van der Waals surface area contributed by atoms with E-state index in [9.17, 15) is 9.59 Å². The Morgan fingerprint density at radius 1 is 1.16 bits per heavy atom. The molecule has 1 unspecified atom stereocenters. The Morgan fingerprint density at radius 2 is 1.94 bits per heavy atom. The molecular formula is C23H23N3O5. The highest BCUT2D eigenvalue weighted by molar-refractivity contribution is 5.98. The van der Waals surface area contributed by atoms with Gasteiger partial charge in [0.2, 0.25) is 11.7 Å². The second-order valence-electron chi connectivity index (χ2n) is 7.40. The van der Waals surface area contributed by atoms with Crippen molar-refractivity contribution in [2.24, 2.45) is 0 Å². The van der Waals surface area contributed by atoms with E-state index in [0.29, 0.717) is 23.0 Å². The molecule has 4 rings (SSSR count). The van der Waals surface area contributed by atoms with Gasteiger partial charge in [-0.1, -0.05) is 23.4 Å². The number of carbonyl (C=O) groups is 2. The summed E-state index contributed by atoms with van der Waals surface area (Å²) in [6.45, 7) is 3.55. The van der Waals surface area contributed by atoms with Crippen LogP contribution >= 0.6 is 0 Å². The van der Waals surface area contributed by atoms with E-state index >= 15 is 0 Å². The summed E-state index contributed by atoms with van der Waals surface area (Å²) >= 11 is 0. The van der Waals surface area contributed by atoms with Crippen LogP contribution in [0.1, 0.15) is 41.0 Å². The van der Waals surface area contributed by atoms with E-state index in [-0.39, 0.29) is 25.2 Å². The van der Waals surface area contributed by atoms with Crippen molar-refractivity contribution in [3.05, 3.63) is 71.4 Å². The van der Waals surface area contributed by atoms with Crippen LogP contribution in [0, 0.1) is 6.92 Å². The number of para-hydroxylation sites is 1. The number of nitrogens with zero attached hydrogens (tertiary/aromatic N) is 3. The molecule has 1 aromatic heterocycles. The quantitative estimate of drug-likeness (QED) is 0.562. The molecule has 8 nitrogen and oxygen atoms in total. The maximum Gasteiger partial charge on any atom is 0.338 e. The van der Waals surface area contributed by atoms with Gasteiger partial charge in [-0.25, -0.2) is 4.79 Å². The summed E-state index contributed by atoms with van der Waals surface area (Å²) in [4.78, 5) is 31.0. The Balaban J connectivity index is 1.33. The van der Waals surface area contributed by atoms with Crippen molar-refractivity contribution in [1.29, 1.82) is 0 Å². The lowest BCUT2D eigenvalue weighted by Gasteiger charge is -2.35. The molecular weight excluding hydrogens is 398 g/mol. The van der Waals surface area contributed by atoms with Gasteiger partial charge in [0.25, 0.3) is 5.91 Å². The number of aryl methyl sites for hydroxylation is 2. The van der Waals surface area contributed by atoms with Gasteiger partial charge in [0, 0.05) is 18.7 Å². The number of anilines is 1. The highest BCUT2D eigenvalue weighted by Crippen LogP contribution is 2.30. The zero-order valence-electron chi connectivity index (χ0n) is 17.4. The first-order valence-corrected chi connectivity index (χ1v) is 10.1. The Bertz CT molecular complexity index is 1080. The van der Waals surface area contributed by atoms with Gasteiger partial charge in [-0.3, -0.25) is 4.79 Å². The number of esters is 1. The fraction of sp³-hybridized carbons (Fsp3) is 0.304. The average Bonchev–Trinajstić information content (AvgIpc) is 3.21. The summed E-state index contributed by atoms with van der Waals surface area (Å²) in [6, 6.07) is 14.4. The van der Waals surface area contributed by atoms with Gasteiger partial charge in [-0.05, 0) is 55.7 Å². The number of carbonyl (C=O) groups excluding carboxylic acids is 2. The molecule has 8 heteroatoms. The number of aromatic nitrogens is 2. The molecule has 0 radical (unpaired) electrons. The van der Waals surface area contributed by atoms with Crippen molar-refractivity contribution in [1.82, 2.24) is 10.1 Å². The van der Waals surface area contributed by atoms with Crippen molar-refractivity contribution in [3.63, 3.8) is 0 Å². The molecule has 2 aromatic carbocycles. The maximum atomic E-state index is 12.8. The lowest BCUT2D eigenvalue weighted by atomic mass is 9.96. The van der Waals surface area contributed by atoms with Crippen molar-refractivity contribution in [2.75, 3.05) is 11.5 Å². The SMILES string of the molecule is Cc1nc(COc2ccc(C(=O)OCC(=O)N3c4ccccc4CCC3C)cc2)no1. The predicted octanol–water partition coefficient (Wildman–Crippen LogP) is 3.48. The highest BCUT2D eigenvalue weighted by atomic mass is 16.5. The third kappa shape index (κ3) is 4.74. The molecule has 3 aromatic rings. The Kier molecular flexibility index (Phi) is 5.97. The van der Waals surface area contributed by atoms with Crippen LogP contribution in [-0.4, -0.2) is 34.7 Å². The third-order valence-electron chi connectivity index (χ3n) is 5.15. The van der Waals surface area contributed by atoms with E-state index in [0.717, 1.165) is 24.1 Å². The van der Waals surface area contributed by atoms with Crippen LogP contribution in [0.25, 0.3) is 0 Å². The van der Waals surface area contributed by atoms with Crippen molar-refractivity contribution < 1.29 is 23.6 Å².